The Morgan fingerprint density at radius 2 is 2.19 bits per heavy atom. The van der Waals surface area contributed by atoms with Gasteiger partial charge in [0.15, 0.2) is 0 Å². The zero-order valence-corrected chi connectivity index (χ0v) is 18.7. The van der Waals surface area contributed by atoms with Gasteiger partial charge in [0.05, 0.1) is 34.8 Å². The molecule has 1 aromatic carbocycles. The Morgan fingerprint density at radius 3 is 2.97 bits per heavy atom. The number of aromatic amines is 1. The van der Waals surface area contributed by atoms with Gasteiger partial charge in [-0.25, -0.2) is 0 Å². The highest BCUT2D eigenvalue weighted by Gasteiger charge is 2.13. The fourth-order valence-electron chi connectivity index (χ4n) is 4.04. The number of aromatic nitrogens is 4. The van der Waals surface area contributed by atoms with Crippen LogP contribution in [0.3, 0.4) is 0 Å². The molecule has 7 nitrogen and oxygen atoms in total. The molecule has 5 rings (SSSR count). The molecule has 0 saturated carbocycles. The molecule has 8 heteroatoms. The van der Waals surface area contributed by atoms with E-state index in [-0.39, 0.29) is 11.6 Å². The maximum Gasteiger partial charge on any atom is 0.310 e. The van der Waals surface area contributed by atoms with E-state index in [4.69, 9.17) is 14.5 Å². The van der Waals surface area contributed by atoms with Crippen molar-refractivity contribution in [2.75, 3.05) is 20.3 Å². The summed E-state index contributed by atoms with van der Waals surface area (Å²) >= 11 is 1.25. The van der Waals surface area contributed by atoms with E-state index in [0.29, 0.717) is 6.61 Å². The lowest BCUT2D eigenvalue weighted by Crippen LogP contribution is -2.13. The Hall–Kier alpha value is -3.07. The number of rotatable bonds is 7. The minimum atomic E-state index is -0.000348. The van der Waals surface area contributed by atoms with Crippen molar-refractivity contribution in [1.82, 2.24) is 19.7 Å². The van der Waals surface area contributed by atoms with Crippen LogP contribution in [0.1, 0.15) is 23.2 Å². The number of nitrogens with one attached hydrogen (secondary N) is 1. The van der Waals surface area contributed by atoms with Crippen molar-refractivity contribution in [3.63, 3.8) is 0 Å². The Morgan fingerprint density at radius 1 is 1.25 bits per heavy atom. The summed E-state index contributed by atoms with van der Waals surface area (Å²) in [6.07, 6.45) is 8.50. The molecular weight excluding hydrogens is 424 g/mol. The van der Waals surface area contributed by atoms with Crippen molar-refractivity contribution in [1.29, 1.82) is 0 Å². The molecule has 4 aromatic rings. The lowest BCUT2D eigenvalue weighted by atomic mass is 10.0. The van der Waals surface area contributed by atoms with Crippen LogP contribution in [0.5, 0.6) is 0 Å². The zero-order chi connectivity index (χ0) is 21.9. The quantitative estimate of drug-likeness (QED) is 0.461. The van der Waals surface area contributed by atoms with E-state index in [1.807, 2.05) is 18.5 Å². The molecule has 0 spiro atoms. The van der Waals surface area contributed by atoms with E-state index < -0.39 is 0 Å². The average Bonchev–Trinajstić information content (AvgIpc) is 3.42. The first-order chi connectivity index (χ1) is 15.7. The predicted octanol–water partition coefficient (Wildman–Crippen LogP) is 4.04. The molecule has 0 aliphatic carbocycles. The van der Waals surface area contributed by atoms with Gasteiger partial charge in [-0.2, -0.15) is 5.10 Å². The SMILES string of the molecule is COCn1c(=O)sc2cc(CCc3n[nH]cc3-c3ccc(C4=CCOCC4)cn3)ccc21. The minimum absolute atomic E-state index is 0.000348. The van der Waals surface area contributed by atoms with Crippen molar-refractivity contribution in [3.8, 4) is 11.3 Å². The number of thiazole rings is 1. The fraction of sp³-hybridized carbons (Fsp3) is 0.292. The maximum atomic E-state index is 12.2. The predicted molar refractivity (Wildman–Crippen MR) is 126 cm³/mol. The number of methoxy groups -OCH3 is 1. The first kappa shape index (κ1) is 20.8. The van der Waals surface area contributed by atoms with Crippen LogP contribution in [-0.4, -0.2) is 40.1 Å². The highest BCUT2D eigenvalue weighted by molar-refractivity contribution is 7.16. The first-order valence-corrected chi connectivity index (χ1v) is 11.4. The number of pyridine rings is 1. The second-order valence-corrected chi connectivity index (χ2v) is 8.74. The topological polar surface area (TPSA) is 82.0 Å². The highest BCUT2D eigenvalue weighted by Crippen LogP contribution is 2.26. The van der Waals surface area contributed by atoms with Gasteiger partial charge in [0.2, 0.25) is 0 Å². The van der Waals surface area contributed by atoms with Crippen molar-refractivity contribution in [2.45, 2.75) is 26.0 Å². The zero-order valence-electron chi connectivity index (χ0n) is 17.8. The van der Waals surface area contributed by atoms with Gasteiger partial charge in [-0.3, -0.25) is 19.4 Å². The van der Waals surface area contributed by atoms with Gasteiger partial charge in [0.25, 0.3) is 0 Å². The lowest BCUT2D eigenvalue weighted by molar-refractivity contribution is 0.133. The summed E-state index contributed by atoms with van der Waals surface area (Å²) in [5.41, 5.74) is 7.45. The number of fused-ring (bicyclic) bond motifs is 1. The molecule has 3 aromatic heterocycles. The molecule has 0 radical (unpaired) electrons. The van der Waals surface area contributed by atoms with Crippen molar-refractivity contribution < 1.29 is 9.47 Å². The van der Waals surface area contributed by atoms with Crippen molar-refractivity contribution >= 4 is 27.1 Å². The summed E-state index contributed by atoms with van der Waals surface area (Å²) in [5.74, 6) is 0. The van der Waals surface area contributed by atoms with Crippen LogP contribution in [-0.2, 0) is 29.0 Å². The molecule has 32 heavy (non-hydrogen) atoms. The van der Waals surface area contributed by atoms with Gasteiger partial charge < -0.3 is 9.47 Å². The monoisotopic (exact) mass is 448 g/mol. The van der Waals surface area contributed by atoms with Gasteiger partial charge >= 0.3 is 4.87 Å². The van der Waals surface area contributed by atoms with E-state index in [1.165, 1.54) is 22.5 Å². The third-order valence-electron chi connectivity index (χ3n) is 5.73. The van der Waals surface area contributed by atoms with Gasteiger partial charge in [0, 0.05) is 25.1 Å². The molecular formula is C24H24N4O3S. The lowest BCUT2D eigenvalue weighted by Gasteiger charge is -2.13. The van der Waals surface area contributed by atoms with E-state index in [1.54, 1.807) is 11.7 Å². The number of benzene rings is 1. The van der Waals surface area contributed by atoms with Crippen molar-refractivity contribution in [3.05, 3.63) is 75.3 Å². The second kappa shape index (κ2) is 9.20. The van der Waals surface area contributed by atoms with E-state index in [0.717, 1.165) is 58.6 Å². The van der Waals surface area contributed by atoms with E-state index >= 15 is 0 Å². The number of H-pyrrole nitrogens is 1. The molecule has 0 unspecified atom stereocenters. The van der Waals surface area contributed by atoms with Crippen LogP contribution in [0.25, 0.3) is 27.0 Å². The molecule has 1 N–H and O–H groups in total. The van der Waals surface area contributed by atoms with Crippen LogP contribution in [0.4, 0.5) is 0 Å². The Bertz CT molecular complexity index is 1320. The van der Waals surface area contributed by atoms with E-state index in [9.17, 15) is 4.79 Å². The molecule has 0 atom stereocenters. The number of ether oxygens (including phenoxy) is 2. The van der Waals surface area contributed by atoms with Gasteiger partial charge in [-0.05, 0) is 54.2 Å². The van der Waals surface area contributed by atoms with Crippen LogP contribution in [0, 0.1) is 0 Å². The van der Waals surface area contributed by atoms with Gasteiger partial charge in [0.1, 0.15) is 6.73 Å². The summed E-state index contributed by atoms with van der Waals surface area (Å²) in [7, 11) is 1.59. The van der Waals surface area contributed by atoms with Crippen LogP contribution in [0.2, 0.25) is 0 Å². The fourth-order valence-corrected chi connectivity index (χ4v) is 4.99. The molecule has 0 amide bonds. The summed E-state index contributed by atoms with van der Waals surface area (Å²) in [4.78, 5) is 16.9. The normalized spacial score (nSPS) is 14.1. The largest absolute Gasteiger partial charge is 0.377 e. The number of hydrogen-bond acceptors (Lipinski definition) is 6. The van der Waals surface area contributed by atoms with Crippen molar-refractivity contribution in [2.24, 2.45) is 0 Å². The van der Waals surface area contributed by atoms with Crippen LogP contribution < -0.4 is 4.87 Å². The maximum absolute atomic E-state index is 12.2. The molecule has 1 aliphatic rings. The third kappa shape index (κ3) is 4.17. The van der Waals surface area contributed by atoms with Crippen LogP contribution >= 0.6 is 11.3 Å². The Kier molecular flexibility index (Phi) is 5.98. The molecule has 1 aliphatic heterocycles. The molecule has 0 saturated heterocycles. The number of nitrogens with zero attached hydrogens (tertiary/aromatic N) is 3. The Labute approximate surface area is 189 Å². The number of aryl methyl sites for hydroxylation is 2. The number of hydrogen-bond donors (Lipinski definition) is 1. The Balaban J connectivity index is 1.32. The summed E-state index contributed by atoms with van der Waals surface area (Å²) in [6.45, 7) is 1.70. The average molecular weight is 449 g/mol. The van der Waals surface area contributed by atoms with Crippen LogP contribution in [0.15, 0.2) is 53.6 Å². The highest BCUT2D eigenvalue weighted by atomic mass is 32.1. The summed E-state index contributed by atoms with van der Waals surface area (Å²) in [6, 6.07) is 10.3. The first-order valence-electron chi connectivity index (χ1n) is 10.6. The summed E-state index contributed by atoms with van der Waals surface area (Å²) in [5, 5.41) is 7.46. The smallest absolute Gasteiger partial charge is 0.310 e. The second-order valence-electron chi connectivity index (χ2n) is 7.75. The van der Waals surface area contributed by atoms with E-state index in [2.05, 4.69) is 40.5 Å². The minimum Gasteiger partial charge on any atom is -0.377 e. The van der Waals surface area contributed by atoms with Gasteiger partial charge in [-0.1, -0.05) is 29.5 Å². The molecule has 0 bridgehead atoms. The van der Waals surface area contributed by atoms with Gasteiger partial charge in [-0.15, -0.1) is 0 Å². The molecule has 164 valence electrons. The summed E-state index contributed by atoms with van der Waals surface area (Å²) < 4.78 is 13.2. The molecule has 0 fully saturated rings. The standard InChI is InChI=1S/C24H24N4O3S/c1-30-15-28-22-7-3-16(12-23(22)32-24(28)29)2-5-21-19(14-26-27-21)20-6-4-18(13-25-20)17-8-10-31-11-9-17/h3-4,6-8,12-14H,2,5,9-11,15H2,1H3,(H,26,27). The third-order valence-corrected chi connectivity index (χ3v) is 6.68. The molecule has 4 heterocycles.